The first-order valence-electron chi connectivity index (χ1n) is 6.64. The van der Waals surface area contributed by atoms with Crippen LogP contribution < -0.4 is 10.2 Å². The molecule has 1 aromatic heterocycles. The molecule has 1 saturated carbocycles. The van der Waals surface area contributed by atoms with Crippen LogP contribution in [0.2, 0.25) is 5.28 Å². The molecule has 1 saturated heterocycles. The standard InChI is InChI=1S/C13H15ClF2N4O/c1-7-4-17-11(14)18-9(7)20-5-12(2,6-20)19-10(21)8-3-13(8,15)16/h4,8H,3,5-6H2,1-2H3,(H,19,21). The van der Waals surface area contributed by atoms with E-state index >= 15 is 0 Å². The fraction of sp³-hybridized carbons (Fsp3) is 0.615. The first-order chi connectivity index (χ1) is 9.70. The summed E-state index contributed by atoms with van der Waals surface area (Å²) >= 11 is 5.78. The number of alkyl halides is 2. The second-order valence-electron chi connectivity index (χ2n) is 6.07. The van der Waals surface area contributed by atoms with Gasteiger partial charge in [-0.15, -0.1) is 0 Å². The van der Waals surface area contributed by atoms with Gasteiger partial charge in [-0.3, -0.25) is 4.79 Å². The SMILES string of the molecule is Cc1cnc(Cl)nc1N1CC(C)(NC(=O)C2CC2(F)F)C1. The molecule has 1 atom stereocenters. The summed E-state index contributed by atoms with van der Waals surface area (Å²) in [5.41, 5.74) is 0.362. The Morgan fingerprint density at radius 2 is 2.14 bits per heavy atom. The van der Waals surface area contributed by atoms with Crippen molar-refractivity contribution >= 4 is 23.3 Å². The van der Waals surface area contributed by atoms with Crippen molar-refractivity contribution in [2.75, 3.05) is 18.0 Å². The van der Waals surface area contributed by atoms with Gasteiger partial charge in [0.1, 0.15) is 11.7 Å². The van der Waals surface area contributed by atoms with Crippen molar-refractivity contribution in [3.05, 3.63) is 17.0 Å². The molecule has 2 heterocycles. The molecule has 114 valence electrons. The van der Waals surface area contributed by atoms with Crippen molar-refractivity contribution in [2.24, 2.45) is 5.92 Å². The number of anilines is 1. The molecule has 5 nitrogen and oxygen atoms in total. The number of aryl methyl sites for hydroxylation is 1. The Morgan fingerprint density at radius 1 is 1.52 bits per heavy atom. The average molecular weight is 317 g/mol. The van der Waals surface area contributed by atoms with Crippen molar-refractivity contribution in [1.82, 2.24) is 15.3 Å². The third-order valence-electron chi connectivity index (χ3n) is 3.86. The fourth-order valence-corrected chi connectivity index (χ4v) is 2.77. The molecule has 2 fully saturated rings. The highest BCUT2D eigenvalue weighted by molar-refractivity contribution is 6.28. The van der Waals surface area contributed by atoms with Gasteiger partial charge in [-0.2, -0.15) is 0 Å². The molecule has 1 N–H and O–H groups in total. The number of aromatic nitrogens is 2. The van der Waals surface area contributed by atoms with Gasteiger partial charge in [0.15, 0.2) is 0 Å². The van der Waals surface area contributed by atoms with Crippen LogP contribution in [0.25, 0.3) is 0 Å². The number of hydrogen-bond donors (Lipinski definition) is 1. The predicted octanol–water partition coefficient (Wildman–Crippen LogP) is 1.79. The largest absolute Gasteiger partial charge is 0.351 e. The van der Waals surface area contributed by atoms with E-state index in [9.17, 15) is 13.6 Å². The third-order valence-corrected chi connectivity index (χ3v) is 4.04. The van der Waals surface area contributed by atoms with E-state index in [1.807, 2.05) is 18.7 Å². The third kappa shape index (κ3) is 2.66. The number of amides is 1. The number of carbonyl (C=O) groups is 1. The van der Waals surface area contributed by atoms with Gasteiger partial charge < -0.3 is 10.2 Å². The molecule has 8 heteroatoms. The van der Waals surface area contributed by atoms with Crippen LogP contribution in [0.3, 0.4) is 0 Å². The Labute approximate surface area is 125 Å². The van der Waals surface area contributed by atoms with Gasteiger partial charge in [0.05, 0.1) is 5.54 Å². The second-order valence-corrected chi connectivity index (χ2v) is 6.41. The number of carbonyl (C=O) groups excluding carboxylic acids is 1. The van der Waals surface area contributed by atoms with Crippen LogP contribution in [0.4, 0.5) is 14.6 Å². The predicted molar refractivity (Wildman–Crippen MR) is 73.6 cm³/mol. The minimum atomic E-state index is -2.83. The molecule has 1 aliphatic carbocycles. The molecular formula is C13H15ClF2N4O. The normalized spacial score (nSPS) is 25.2. The van der Waals surface area contributed by atoms with Gasteiger partial charge in [0.25, 0.3) is 5.92 Å². The maximum atomic E-state index is 12.9. The zero-order chi connectivity index (χ0) is 15.4. The summed E-state index contributed by atoms with van der Waals surface area (Å²) in [4.78, 5) is 21.7. The van der Waals surface area contributed by atoms with E-state index < -0.39 is 23.3 Å². The van der Waals surface area contributed by atoms with E-state index in [1.165, 1.54) is 0 Å². The molecule has 2 aliphatic rings. The number of halogens is 3. The first kappa shape index (κ1) is 14.4. The highest BCUT2D eigenvalue weighted by atomic mass is 35.5. The molecule has 1 amide bonds. The average Bonchev–Trinajstić information content (AvgIpc) is 2.99. The lowest BCUT2D eigenvalue weighted by Gasteiger charge is -2.49. The minimum absolute atomic E-state index is 0.158. The summed E-state index contributed by atoms with van der Waals surface area (Å²) in [5.74, 6) is -3.86. The Bertz CT molecular complexity index is 604. The van der Waals surface area contributed by atoms with E-state index in [2.05, 4.69) is 15.3 Å². The van der Waals surface area contributed by atoms with Gasteiger partial charge in [0.2, 0.25) is 11.2 Å². The van der Waals surface area contributed by atoms with E-state index in [0.717, 1.165) is 5.56 Å². The maximum absolute atomic E-state index is 12.9. The molecule has 0 radical (unpaired) electrons. The van der Waals surface area contributed by atoms with Crippen LogP contribution in [0.1, 0.15) is 18.9 Å². The Balaban J connectivity index is 1.61. The quantitative estimate of drug-likeness (QED) is 0.864. The molecule has 1 aromatic rings. The highest BCUT2D eigenvalue weighted by Crippen LogP contribution is 2.49. The van der Waals surface area contributed by atoms with Crippen molar-refractivity contribution in [3.8, 4) is 0 Å². The van der Waals surface area contributed by atoms with E-state index in [-0.39, 0.29) is 11.7 Å². The second kappa shape index (κ2) is 4.50. The first-order valence-corrected chi connectivity index (χ1v) is 7.02. The van der Waals surface area contributed by atoms with Gasteiger partial charge in [0, 0.05) is 31.3 Å². The van der Waals surface area contributed by atoms with Gasteiger partial charge in [-0.1, -0.05) is 0 Å². The zero-order valence-corrected chi connectivity index (χ0v) is 12.4. The van der Waals surface area contributed by atoms with Gasteiger partial charge in [-0.05, 0) is 25.4 Å². The van der Waals surface area contributed by atoms with E-state index in [0.29, 0.717) is 18.9 Å². The molecule has 1 aliphatic heterocycles. The number of hydrogen-bond acceptors (Lipinski definition) is 4. The summed E-state index contributed by atoms with van der Waals surface area (Å²) < 4.78 is 25.8. The fourth-order valence-electron chi connectivity index (χ4n) is 2.64. The van der Waals surface area contributed by atoms with Crippen molar-refractivity contribution in [3.63, 3.8) is 0 Å². The summed E-state index contributed by atoms with van der Waals surface area (Å²) in [7, 11) is 0. The molecule has 0 spiro atoms. The maximum Gasteiger partial charge on any atom is 0.260 e. The lowest BCUT2D eigenvalue weighted by molar-refractivity contribution is -0.126. The Kier molecular flexibility index (Phi) is 3.09. The van der Waals surface area contributed by atoms with Crippen molar-refractivity contribution in [1.29, 1.82) is 0 Å². The topological polar surface area (TPSA) is 58.1 Å². The van der Waals surface area contributed by atoms with Crippen molar-refractivity contribution < 1.29 is 13.6 Å². The Hall–Kier alpha value is -1.50. The lowest BCUT2D eigenvalue weighted by atomic mass is 9.91. The van der Waals surface area contributed by atoms with Crippen LogP contribution in [0, 0.1) is 12.8 Å². The van der Waals surface area contributed by atoms with Crippen LogP contribution in [0.5, 0.6) is 0 Å². The molecule has 3 rings (SSSR count). The van der Waals surface area contributed by atoms with Crippen molar-refractivity contribution in [2.45, 2.75) is 31.7 Å². The molecule has 21 heavy (non-hydrogen) atoms. The number of nitrogens with one attached hydrogen (secondary N) is 1. The van der Waals surface area contributed by atoms with Crippen LogP contribution in [-0.4, -0.2) is 40.4 Å². The van der Waals surface area contributed by atoms with E-state index in [4.69, 9.17) is 11.6 Å². The zero-order valence-electron chi connectivity index (χ0n) is 11.7. The molecule has 0 bridgehead atoms. The summed E-state index contributed by atoms with van der Waals surface area (Å²) in [5, 5.41) is 2.87. The van der Waals surface area contributed by atoms with Gasteiger partial charge in [-0.25, -0.2) is 18.7 Å². The monoisotopic (exact) mass is 316 g/mol. The molecule has 1 unspecified atom stereocenters. The summed E-state index contributed by atoms with van der Waals surface area (Å²) in [6.07, 6.45) is 1.28. The van der Waals surface area contributed by atoms with Crippen LogP contribution >= 0.6 is 11.6 Å². The number of rotatable bonds is 3. The highest BCUT2D eigenvalue weighted by Gasteiger charge is 2.62. The van der Waals surface area contributed by atoms with E-state index in [1.54, 1.807) is 6.20 Å². The Morgan fingerprint density at radius 3 is 2.71 bits per heavy atom. The minimum Gasteiger partial charge on any atom is -0.351 e. The molecule has 0 aromatic carbocycles. The van der Waals surface area contributed by atoms with Crippen LogP contribution in [0.15, 0.2) is 6.20 Å². The lowest BCUT2D eigenvalue weighted by Crippen LogP contribution is -2.69. The molecular weight excluding hydrogens is 302 g/mol. The summed E-state index contributed by atoms with van der Waals surface area (Å²) in [6.45, 7) is 4.71. The van der Waals surface area contributed by atoms with Gasteiger partial charge >= 0.3 is 0 Å². The smallest absolute Gasteiger partial charge is 0.260 e. The van der Waals surface area contributed by atoms with Crippen LogP contribution in [-0.2, 0) is 4.79 Å². The number of nitrogens with zero attached hydrogens (tertiary/aromatic N) is 3. The summed E-state index contributed by atoms with van der Waals surface area (Å²) in [6, 6.07) is 0.